The molecule has 1 aliphatic heterocycles. The van der Waals surface area contributed by atoms with Gasteiger partial charge in [-0.1, -0.05) is 24.3 Å². The molecule has 5 N–H and O–H groups in total. The lowest BCUT2D eigenvalue weighted by molar-refractivity contribution is -0.139. The second-order valence-electron chi connectivity index (χ2n) is 7.18. The standard InChI is InChI=1S/C22H28N4O3S/c1-30-10-9-20(22(28)29)26-21(27)18-8-7-16(24-13-17-12-23-14-25-17)11-19(18)15-5-3-2-4-6-15/h2-5,7-8,11-12,15,20,23-25H,6,9-10,13-14H2,1H3,(H,26,27)(H,28,29)/t15?,20-/m0/s1. The van der Waals surface area contributed by atoms with Crippen molar-refractivity contribution in [3.05, 3.63) is 65.5 Å². The average molecular weight is 429 g/mol. The van der Waals surface area contributed by atoms with Crippen LogP contribution in [0.1, 0.15) is 34.7 Å². The highest BCUT2D eigenvalue weighted by Gasteiger charge is 2.24. The van der Waals surface area contributed by atoms with Crippen LogP contribution in [0.25, 0.3) is 0 Å². The van der Waals surface area contributed by atoms with Gasteiger partial charge < -0.3 is 26.4 Å². The molecule has 1 amide bonds. The number of amides is 1. The molecule has 1 aromatic carbocycles. The van der Waals surface area contributed by atoms with Gasteiger partial charge in [0.25, 0.3) is 5.91 Å². The van der Waals surface area contributed by atoms with Gasteiger partial charge in [-0.25, -0.2) is 4.79 Å². The van der Waals surface area contributed by atoms with Gasteiger partial charge >= 0.3 is 5.97 Å². The van der Waals surface area contributed by atoms with E-state index < -0.39 is 12.0 Å². The van der Waals surface area contributed by atoms with E-state index in [0.29, 0.717) is 24.3 Å². The maximum Gasteiger partial charge on any atom is 0.326 e. The first kappa shape index (κ1) is 21.8. The topological polar surface area (TPSA) is 102 Å². The van der Waals surface area contributed by atoms with Gasteiger partial charge in [-0.2, -0.15) is 11.8 Å². The highest BCUT2D eigenvalue weighted by Crippen LogP contribution is 2.30. The number of rotatable bonds is 10. The smallest absolute Gasteiger partial charge is 0.326 e. The van der Waals surface area contributed by atoms with Crippen LogP contribution in [0.2, 0.25) is 0 Å². The maximum atomic E-state index is 13.0. The normalized spacial score (nSPS) is 18.2. The van der Waals surface area contributed by atoms with Gasteiger partial charge in [0, 0.05) is 29.1 Å². The third kappa shape index (κ3) is 5.82. The molecule has 2 aliphatic rings. The first-order valence-corrected chi connectivity index (χ1v) is 11.4. The van der Waals surface area contributed by atoms with Crippen LogP contribution in [0.15, 0.2) is 54.4 Å². The molecule has 160 valence electrons. The number of carboxylic acid groups (broad SMARTS) is 1. The van der Waals surface area contributed by atoms with E-state index in [2.05, 4.69) is 33.4 Å². The van der Waals surface area contributed by atoms with Crippen LogP contribution in [0.4, 0.5) is 5.69 Å². The number of aliphatic carboxylic acids is 1. The summed E-state index contributed by atoms with van der Waals surface area (Å²) in [6.45, 7) is 1.37. The molecule has 8 heteroatoms. The summed E-state index contributed by atoms with van der Waals surface area (Å²) in [6, 6.07) is 4.73. The second-order valence-corrected chi connectivity index (χ2v) is 8.17. The van der Waals surface area contributed by atoms with Crippen molar-refractivity contribution in [2.75, 3.05) is 30.5 Å². The molecular formula is C22H28N4O3S. The van der Waals surface area contributed by atoms with E-state index in [1.807, 2.05) is 36.7 Å². The van der Waals surface area contributed by atoms with Crippen LogP contribution in [0.5, 0.6) is 0 Å². The Hall–Kier alpha value is -2.87. The lowest BCUT2D eigenvalue weighted by Gasteiger charge is -2.21. The molecular weight excluding hydrogens is 400 g/mol. The summed E-state index contributed by atoms with van der Waals surface area (Å²) >= 11 is 1.56. The number of carboxylic acids is 1. The first-order chi connectivity index (χ1) is 14.6. The van der Waals surface area contributed by atoms with Crippen molar-refractivity contribution in [3.63, 3.8) is 0 Å². The zero-order valence-corrected chi connectivity index (χ0v) is 17.8. The van der Waals surface area contributed by atoms with Crippen LogP contribution < -0.4 is 21.3 Å². The van der Waals surface area contributed by atoms with Crippen molar-refractivity contribution in [2.24, 2.45) is 0 Å². The lowest BCUT2D eigenvalue weighted by atomic mass is 9.88. The molecule has 0 fully saturated rings. The number of carbonyl (C=O) groups is 2. The zero-order valence-electron chi connectivity index (χ0n) is 17.0. The molecule has 1 unspecified atom stereocenters. The average Bonchev–Trinajstić information content (AvgIpc) is 3.29. The highest BCUT2D eigenvalue weighted by molar-refractivity contribution is 7.98. The van der Waals surface area contributed by atoms with Crippen LogP contribution >= 0.6 is 11.8 Å². The summed E-state index contributed by atoms with van der Waals surface area (Å²) in [5.74, 6) is -0.625. The summed E-state index contributed by atoms with van der Waals surface area (Å²) in [7, 11) is 0. The summed E-state index contributed by atoms with van der Waals surface area (Å²) < 4.78 is 0. The van der Waals surface area contributed by atoms with Crippen LogP contribution in [0.3, 0.4) is 0 Å². The summed E-state index contributed by atoms with van der Waals surface area (Å²) in [5, 5.41) is 21.9. The molecule has 30 heavy (non-hydrogen) atoms. The Labute approximate surface area is 181 Å². The third-order valence-corrected chi connectivity index (χ3v) is 5.71. The fourth-order valence-electron chi connectivity index (χ4n) is 3.43. The van der Waals surface area contributed by atoms with Crippen molar-refractivity contribution in [2.45, 2.75) is 24.8 Å². The molecule has 0 saturated carbocycles. The SMILES string of the molecule is CSCC[C@H](NC(=O)c1ccc(NCC2=CNCN2)cc1C1C=CC=CC1)C(=O)O. The summed E-state index contributed by atoms with van der Waals surface area (Å²) in [4.78, 5) is 24.5. The second kappa shape index (κ2) is 10.8. The molecule has 0 saturated heterocycles. The Morgan fingerprint density at radius 3 is 2.87 bits per heavy atom. The predicted octanol–water partition coefficient (Wildman–Crippen LogP) is 2.63. The maximum absolute atomic E-state index is 13.0. The molecule has 3 rings (SSSR count). The molecule has 2 atom stereocenters. The summed E-state index contributed by atoms with van der Waals surface area (Å²) in [5.41, 5.74) is 3.38. The molecule has 1 aromatic rings. The number of thioether (sulfide) groups is 1. The van der Waals surface area contributed by atoms with Gasteiger partial charge in [-0.15, -0.1) is 0 Å². The van der Waals surface area contributed by atoms with E-state index in [1.165, 1.54) is 0 Å². The van der Waals surface area contributed by atoms with Crippen LogP contribution in [0, 0.1) is 0 Å². The minimum Gasteiger partial charge on any atom is -0.480 e. The molecule has 7 nitrogen and oxygen atoms in total. The minimum atomic E-state index is -1.01. The zero-order chi connectivity index (χ0) is 21.3. The number of nitrogens with one attached hydrogen (secondary N) is 4. The number of hydrogen-bond donors (Lipinski definition) is 5. The summed E-state index contributed by atoms with van der Waals surface area (Å²) in [6.07, 6.45) is 13.2. The molecule has 0 spiro atoms. The number of anilines is 1. The Bertz CT molecular complexity index is 866. The fourth-order valence-corrected chi connectivity index (χ4v) is 3.90. The fraction of sp³-hybridized carbons (Fsp3) is 0.364. The Balaban J connectivity index is 1.80. The molecule has 0 bridgehead atoms. The molecule has 1 heterocycles. The van der Waals surface area contributed by atoms with Gasteiger partial charge in [0.15, 0.2) is 0 Å². The van der Waals surface area contributed by atoms with Gasteiger partial charge in [0.2, 0.25) is 0 Å². The Kier molecular flexibility index (Phi) is 7.84. The van der Waals surface area contributed by atoms with E-state index in [1.54, 1.807) is 17.8 Å². The monoisotopic (exact) mass is 428 g/mol. The van der Waals surface area contributed by atoms with Crippen molar-refractivity contribution in [1.29, 1.82) is 0 Å². The van der Waals surface area contributed by atoms with Gasteiger partial charge in [-0.05, 0) is 48.6 Å². The molecule has 0 aromatic heterocycles. The van der Waals surface area contributed by atoms with Crippen molar-refractivity contribution >= 4 is 29.3 Å². The van der Waals surface area contributed by atoms with Crippen molar-refractivity contribution < 1.29 is 14.7 Å². The number of benzene rings is 1. The largest absolute Gasteiger partial charge is 0.480 e. The Morgan fingerprint density at radius 1 is 1.33 bits per heavy atom. The number of allylic oxidation sites excluding steroid dienone is 4. The van der Waals surface area contributed by atoms with Gasteiger partial charge in [0.05, 0.1) is 13.2 Å². The molecule has 1 aliphatic carbocycles. The predicted molar refractivity (Wildman–Crippen MR) is 122 cm³/mol. The number of hydrogen-bond acceptors (Lipinski definition) is 6. The quantitative estimate of drug-likeness (QED) is 0.390. The first-order valence-electron chi connectivity index (χ1n) is 9.98. The van der Waals surface area contributed by atoms with E-state index >= 15 is 0 Å². The third-order valence-electron chi connectivity index (χ3n) is 5.07. The van der Waals surface area contributed by atoms with E-state index in [4.69, 9.17) is 0 Å². The Morgan fingerprint density at radius 2 is 2.20 bits per heavy atom. The van der Waals surface area contributed by atoms with Crippen LogP contribution in [-0.2, 0) is 4.79 Å². The van der Waals surface area contributed by atoms with Gasteiger partial charge in [0.1, 0.15) is 6.04 Å². The minimum absolute atomic E-state index is 0.0671. The van der Waals surface area contributed by atoms with Crippen LogP contribution in [-0.4, -0.2) is 48.2 Å². The van der Waals surface area contributed by atoms with Crippen molar-refractivity contribution in [3.8, 4) is 0 Å². The van der Waals surface area contributed by atoms with E-state index in [-0.39, 0.29) is 11.8 Å². The lowest BCUT2D eigenvalue weighted by Crippen LogP contribution is -2.41. The van der Waals surface area contributed by atoms with Crippen molar-refractivity contribution in [1.82, 2.24) is 16.0 Å². The van der Waals surface area contributed by atoms with E-state index in [9.17, 15) is 14.7 Å². The van der Waals surface area contributed by atoms with Gasteiger partial charge in [-0.3, -0.25) is 4.79 Å². The molecule has 0 radical (unpaired) electrons. The number of carbonyl (C=O) groups excluding carboxylic acids is 1. The van der Waals surface area contributed by atoms with E-state index in [0.717, 1.165) is 30.0 Å². The highest BCUT2D eigenvalue weighted by atomic mass is 32.2.